The monoisotopic (exact) mass is 787 g/mol. The summed E-state index contributed by atoms with van der Waals surface area (Å²) in [6.45, 7) is 13.6. The van der Waals surface area contributed by atoms with E-state index in [1.165, 1.54) is 15.9 Å². The minimum absolute atomic E-state index is 0.104. The molecule has 4 bridgehead atoms. The largest absolute Gasteiger partial charge is 0.493 e. The zero-order chi connectivity index (χ0) is 39.9. The lowest BCUT2D eigenvalue weighted by Gasteiger charge is -2.35. The molecular weight excluding hydrogens is 735 g/mol. The Hall–Kier alpha value is -4.38. The van der Waals surface area contributed by atoms with E-state index in [2.05, 4.69) is 21.9 Å². The third-order valence-corrected chi connectivity index (χ3v) is 12.6. The molecule has 1 unspecified atom stereocenters. The highest BCUT2D eigenvalue weighted by molar-refractivity contribution is 7.91. The minimum Gasteiger partial charge on any atom is -0.493 e. The van der Waals surface area contributed by atoms with Crippen molar-refractivity contribution in [1.82, 2.24) is 25.2 Å². The number of carbonyl (C=O) groups is 5. The lowest BCUT2D eigenvalue weighted by atomic mass is 9.85. The molecule has 5 amide bonds. The third-order valence-electron chi connectivity index (χ3n) is 10.8. The number of amides is 5. The van der Waals surface area contributed by atoms with Crippen molar-refractivity contribution in [2.45, 2.75) is 121 Å². The van der Waals surface area contributed by atoms with Crippen LogP contribution in [0.4, 0.5) is 9.59 Å². The van der Waals surface area contributed by atoms with Crippen molar-refractivity contribution >= 4 is 39.9 Å². The van der Waals surface area contributed by atoms with Crippen molar-refractivity contribution in [2.75, 3.05) is 26.4 Å². The standard InChI is InChI=1S/C38H53N5O11S/c1-7-24-18-38(24,33(46)41-55(49,50)26-13-14-26)40-31(44)28-17-25-20-43(28)32(45)30(36(2,3)4)39-34(47)52-22-37(5,6)53-16-9-8-15-51-29-12-10-11-23-19-42(21-27(23)29)35(48)54-25/h7,10-12,24-26,28,30H,1,8-9,13-22H2,2-6H3,(H,39,47)(H,40,44)(H,41,46)/t24-,25+,28?,30+,38-/m0/s1. The smallest absolute Gasteiger partial charge is 0.410 e. The fourth-order valence-corrected chi connectivity index (χ4v) is 8.62. The number of nitrogens with one attached hydrogen (secondary N) is 3. The molecule has 2 saturated carbocycles. The second-order valence-corrected chi connectivity index (χ2v) is 18.8. The zero-order valence-electron chi connectivity index (χ0n) is 32.2. The first-order valence-corrected chi connectivity index (χ1v) is 20.5. The van der Waals surface area contributed by atoms with Crippen LogP contribution in [-0.2, 0) is 51.7 Å². The summed E-state index contributed by atoms with van der Waals surface area (Å²) in [5.41, 5.74) is -1.53. The van der Waals surface area contributed by atoms with Crippen LogP contribution in [0, 0.1) is 11.3 Å². The molecule has 0 aromatic heterocycles. The number of nitrogens with zero attached hydrogens (tertiary/aromatic N) is 2. The van der Waals surface area contributed by atoms with Crippen molar-refractivity contribution in [1.29, 1.82) is 0 Å². The Kier molecular flexibility index (Phi) is 11.2. The van der Waals surface area contributed by atoms with Gasteiger partial charge < -0.3 is 34.5 Å². The van der Waals surface area contributed by atoms with E-state index < -0.39 is 85.8 Å². The molecule has 3 heterocycles. The van der Waals surface area contributed by atoms with Gasteiger partial charge >= 0.3 is 12.2 Å². The molecule has 1 aromatic carbocycles. The number of sulfonamides is 1. The normalized spacial score (nSPS) is 29.0. The van der Waals surface area contributed by atoms with Gasteiger partial charge in [0.25, 0.3) is 5.91 Å². The van der Waals surface area contributed by atoms with Crippen molar-refractivity contribution in [3.05, 3.63) is 42.0 Å². The molecular formula is C38H53N5O11S. The summed E-state index contributed by atoms with van der Waals surface area (Å²) in [5.74, 6) is -2.16. The minimum atomic E-state index is -3.93. The summed E-state index contributed by atoms with van der Waals surface area (Å²) in [4.78, 5) is 71.9. The second kappa shape index (κ2) is 15.3. The summed E-state index contributed by atoms with van der Waals surface area (Å²) in [5, 5.41) is 4.75. The SMILES string of the molecule is C=C[C@H]1C[C@@]1(NC(=O)C1C[C@@H]2CN1C(=O)[C@H](C(C)(C)C)NC(=O)OCC(C)(C)OCCCCOc1cccc3c1CN(C3)C(=O)O2)C(=O)NS(=O)(=O)C1CC1. The number of rotatable bonds is 6. The van der Waals surface area contributed by atoms with Gasteiger partial charge in [-0.2, -0.15) is 0 Å². The summed E-state index contributed by atoms with van der Waals surface area (Å²) in [6.07, 6.45) is 1.27. The molecule has 1 saturated heterocycles. The van der Waals surface area contributed by atoms with E-state index in [1.54, 1.807) is 34.6 Å². The average Bonchev–Trinajstić information content (AvgIpc) is 4.00. The van der Waals surface area contributed by atoms with Crippen molar-refractivity contribution in [2.24, 2.45) is 11.3 Å². The Balaban J connectivity index is 1.27. The van der Waals surface area contributed by atoms with E-state index in [0.29, 0.717) is 44.6 Å². The van der Waals surface area contributed by atoms with Gasteiger partial charge in [-0.25, -0.2) is 18.0 Å². The first-order chi connectivity index (χ1) is 25.8. The molecule has 3 fully saturated rings. The van der Waals surface area contributed by atoms with Crippen LogP contribution in [0.1, 0.15) is 84.3 Å². The van der Waals surface area contributed by atoms with Crippen LogP contribution in [0.25, 0.3) is 0 Å². The van der Waals surface area contributed by atoms with Crippen molar-refractivity contribution in [3.63, 3.8) is 0 Å². The van der Waals surface area contributed by atoms with Gasteiger partial charge in [0.1, 0.15) is 36.1 Å². The van der Waals surface area contributed by atoms with E-state index in [9.17, 15) is 32.4 Å². The van der Waals surface area contributed by atoms with Crippen LogP contribution >= 0.6 is 0 Å². The average molecular weight is 788 g/mol. The first-order valence-electron chi connectivity index (χ1n) is 18.9. The zero-order valence-corrected chi connectivity index (χ0v) is 33.0. The molecule has 1 aromatic rings. The van der Waals surface area contributed by atoms with Crippen LogP contribution in [-0.4, -0.2) is 109 Å². The lowest BCUT2D eigenvalue weighted by Crippen LogP contribution is -2.60. The number of benzene rings is 1. The Bertz CT molecular complexity index is 1820. The lowest BCUT2D eigenvalue weighted by molar-refractivity contribution is -0.143. The molecule has 5 atom stereocenters. The van der Waals surface area contributed by atoms with E-state index >= 15 is 0 Å². The number of hydrogen-bond acceptors (Lipinski definition) is 11. The molecule has 3 N–H and O–H groups in total. The van der Waals surface area contributed by atoms with Crippen LogP contribution in [0.15, 0.2) is 30.9 Å². The van der Waals surface area contributed by atoms with Gasteiger partial charge in [0.15, 0.2) is 0 Å². The van der Waals surface area contributed by atoms with Gasteiger partial charge in [-0.15, -0.1) is 6.58 Å². The summed E-state index contributed by atoms with van der Waals surface area (Å²) in [6, 6.07) is 3.19. The maximum absolute atomic E-state index is 14.5. The predicted molar refractivity (Wildman–Crippen MR) is 198 cm³/mol. The fraction of sp³-hybridized carbons (Fsp3) is 0.658. The molecule has 17 heteroatoms. The summed E-state index contributed by atoms with van der Waals surface area (Å²) < 4.78 is 51.1. The number of alkyl carbamates (subject to hydrolysis) is 1. The van der Waals surface area contributed by atoms with E-state index in [0.717, 1.165) is 11.1 Å². The van der Waals surface area contributed by atoms with Gasteiger partial charge in [0.2, 0.25) is 21.8 Å². The number of fused-ring (bicyclic) bond motifs is 3. The maximum atomic E-state index is 14.5. The van der Waals surface area contributed by atoms with Crippen molar-refractivity contribution in [3.8, 4) is 5.75 Å². The highest BCUT2D eigenvalue weighted by Crippen LogP contribution is 2.45. The van der Waals surface area contributed by atoms with Crippen LogP contribution < -0.4 is 20.1 Å². The van der Waals surface area contributed by atoms with Gasteiger partial charge in [-0.1, -0.05) is 39.0 Å². The molecule has 6 rings (SSSR count). The van der Waals surface area contributed by atoms with E-state index in [4.69, 9.17) is 18.9 Å². The maximum Gasteiger partial charge on any atom is 0.410 e. The van der Waals surface area contributed by atoms with Crippen LogP contribution in [0.5, 0.6) is 5.75 Å². The van der Waals surface area contributed by atoms with Gasteiger partial charge in [-0.05, 0) is 63.0 Å². The van der Waals surface area contributed by atoms with Gasteiger partial charge in [0.05, 0.1) is 30.5 Å². The second-order valence-electron chi connectivity index (χ2n) is 16.9. The number of carbonyl (C=O) groups excluding carboxylic acids is 5. The summed E-state index contributed by atoms with van der Waals surface area (Å²) >= 11 is 0. The fourth-order valence-electron chi connectivity index (χ4n) is 7.26. The Morgan fingerprint density at radius 2 is 1.78 bits per heavy atom. The van der Waals surface area contributed by atoms with E-state index in [-0.39, 0.29) is 39.1 Å². The number of ether oxygens (including phenoxy) is 4. The highest BCUT2D eigenvalue weighted by Gasteiger charge is 2.62. The topological polar surface area (TPSA) is 199 Å². The molecule has 5 aliphatic rings. The Labute approximate surface area is 322 Å². The molecule has 16 nitrogen and oxygen atoms in total. The first kappa shape index (κ1) is 40.3. The number of cyclic esters (lactones) is 1. The number of hydrogen-bond donors (Lipinski definition) is 3. The molecule has 2 aliphatic carbocycles. The van der Waals surface area contributed by atoms with Gasteiger partial charge in [-0.3, -0.25) is 24.0 Å². The van der Waals surface area contributed by atoms with Crippen LogP contribution in [0.2, 0.25) is 0 Å². The molecule has 55 heavy (non-hydrogen) atoms. The quantitative estimate of drug-likeness (QED) is 0.359. The molecule has 302 valence electrons. The van der Waals surface area contributed by atoms with Crippen molar-refractivity contribution < 1.29 is 51.3 Å². The summed E-state index contributed by atoms with van der Waals surface area (Å²) in [7, 11) is -3.93. The molecule has 0 radical (unpaired) electrons. The Morgan fingerprint density at radius 3 is 2.45 bits per heavy atom. The molecule has 3 aliphatic heterocycles. The molecule has 0 spiro atoms. The van der Waals surface area contributed by atoms with E-state index in [1.807, 2.05) is 18.2 Å². The van der Waals surface area contributed by atoms with Gasteiger partial charge in [0, 0.05) is 31.1 Å². The predicted octanol–water partition coefficient (Wildman–Crippen LogP) is 2.89. The third kappa shape index (κ3) is 9.03. The van der Waals surface area contributed by atoms with Crippen LogP contribution in [0.3, 0.4) is 0 Å². The highest BCUT2D eigenvalue weighted by atomic mass is 32.2. The Morgan fingerprint density at radius 1 is 1.05 bits per heavy atom.